The van der Waals surface area contributed by atoms with Crippen molar-refractivity contribution >= 4 is 5.91 Å². The van der Waals surface area contributed by atoms with E-state index in [2.05, 4.69) is 11.1 Å². The van der Waals surface area contributed by atoms with Crippen LogP contribution in [-0.2, 0) is 9.53 Å². The Morgan fingerprint density at radius 2 is 2.00 bits per heavy atom. The molecule has 4 N–H and O–H groups in total. The average Bonchev–Trinajstić information content (AvgIpc) is 2.25. The maximum atomic E-state index is 12.6. The van der Waals surface area contributed by atoms with Gasteiger partial charge in [0.05, 0.1) is 0 Å². The minimum absolute atomic E-state index is 0.591. The van der Waals surface area contributed by atoms with Gasteiger partial charge in [0.2, 0.25) is 0 Å². The molecule has 1 amide bonds. The first-order chi connectivity index (χ1) is 6.11. The molecule has 0 saturated carbocycles. The topological polar surface area (TPSA) is 66.0 Å². The van der Waals surface area contributed by atoms with Crippen LogP contribution in [0.4, 0.5) is 13.2 Å². The fraction of sp³-hybridized carbons (Fsp3) is 0.857. The molecule has 0 bridgehead atoms. The highest BCUT2D eigenvalue weighted by atomic mass is 19.4. The van der Waals surface area contributed by atoms with Gasteiger partial charge in [-0.25, -0.2) is 4.79 Å². The number of quaternary nitrogens is 1. The normalized spacial score (nSPS) is 31.9. The zero-order chi connectivity index (χ0) is 11.2. The number of carbonyl (C=O) groups is 1. The van der Waals surface area contributed by atoms with Crippen LogP contribution in [0.25, 0.3) is 0 Å². The predicted octanol–water partition coefficient (Wildman–Crippen LogP) is -0.588. The molecule has 1 unspecified atom stereocenters. The molecule has 1 heterocycles. The molecule has 0 aromatic carbocycles. The molecule has 82 valence electrons. The van der Waals surface area contributed by atoms with E-state index in [1.165, 1.54) is 13.8 Å². The van der Waals surface area contributed by atoms with E-state index < -0.39 is 30.0 Å². The summed E-state index contributed by atoms with van der Waals surface area (Å²) in [5.74, 6) is -1.27. The van der Waals surface area contributed by atoms with Crippen molar-refractivity contribution in [2.45, 2.75) is 31.3 Å². The highest BCUT2D eigenvalue weighted by Gasteiger charge is 2.68. The average molecular weight is 213 g/mol. The number of nitrogens with one attached hydrogen (secondary N) is 1. The molecule has 1 atom stereocenters. The predicted molar refractivity (Wildman–Crippen MR) is 39.8 cm³/mol. The molecule has 14 heavy (non-hydrogen) atoms. The van der Waals surface area contributed by atoms with Crippen LogP contribution < -0.4 is 11.1 Å². The number of rotatable bonds is 1. The van der Waals surface area contributed by atoms with Crippen LogP contribution in [0.15, 0.2) is 0 Å². The van der Waals surface area contributed by atoms with Crippen LogP contribution in [0.2, 0.25) is 0 Å². The fourth-order valence-corrected chi connectivity index (χ4v) is 1.32. The summed E-state index contributed by atoms with van der Waals surface area (Å²) in [7, 11) is 0. The molecule has 0 radical (unpaired) electrons. The Balaban J connectivity index is 3.05. The van der Waals surface area contributed by atoms with Gasteiger partial charge in [0.1, 0.15) is 5.72 Å². The van der Waals surface area contributed by atoms with Gasteiger partial charge in [-0.05, 0) is 13.8 Å². The first-order valence-corrected chi connectivity index (χ1v) is 3.99. The number of carbonyl (C=O) groups excluding carboxylic acids is 1. The maximum absolute atomic E-state index is 12.6. The van der Waals surface area contributed by atoms with Gasteiger partial charge in [0, 0.05) is 6.54 Å². The Hall–Kier alpha value is -0.660. The lowest BCUT2D eigenvalue weighted by Gasteiger charge is -2.27. The van der Waals surface area contributed by atoms with E-state index in [-0.39, 0.29) is 0 Å². The second-order valence-electron chi connectivity index (χ2n) is 3.71. The molecule has 7 heteroatoms. The van der Waals surface area contributed by atoms with Crippen molar-refractivity contribution in [3.63, 3.8) is 0 Å². The summed E-state index contributed by atoms with van der Waals surface area (Å²) in [5.41, 5.74) is -1.16. The molecular formula is C7H12F3N2O2+. The molecule has 0 aromatic rings. The lowest BCUT2D eigenvalue weighted by Crippen LogP contribution is -2.73. The Morgan fingerprint density at radius 1 is 1.50 bits per heavy atom. The summed E-state index contributed by atoms with van der Waals surface area (Å²) < 4.78 is 42.5. The van der Waals surface area contributed by atoms with Crippen molar-refractivity contribution in [1.82, 2.24) is 5.32 Å². The third-order valence-electron chi connectivity index (χ3n) is 2.10. The molecule has 1 saturated heterocycles. The zero-order valence-electron chi connectivity index (χ0n) is 7.86. The van der Waals surface area contributed by atoms with E-state index in [1.54, 1.807) is 0 Å². The van der Waals surface area contributed by atoms with E-state index in [0.717, 1.165) is 0 Å². The van der Waals surface area contributed by atoms with Crippen molar-refractivity contribution < 1.29 is 28.4 Å². The van der Waals surface area contributed by atoms with Crippen molar-refractivity contribution in [3.05, 3.63) is 0 Å². The summed E-state index contributed by atoms with van der Waals surface area (Å²) in [4.78, 5) is 10.9. The summed E-state index contributed by atoms with van der Waals surface area (Å²) in [6, 6.07) is 0. The van der Waals surface area contributed by atoms with Gasteiger partial charge in [0.15, 0.2) is 0 Å². The molecular weight excluding hydrogens is 201 g/mol. The first-order valence-electron chi connectivity index (χ1n) is 3.99. The Morgan fingerprint density at radius 3 is 2.14 bits per heavy atom. The molecule has 0 spiro atoms. The smallest absolute Gasteiger partial charge is 0.332 e. The third-order valence-corrected chi connectivity index (χ3v) is 2.10. The Kier molecular flexibility index (Phi) is 2.38. The van der Waals surface area contributed by atoms with Gasteiger partial charge in [-0.1, -0.05) is 0 Å². The molecule has 1 aliphatic rings. The minimum atomic E-state index is -4.74. The highest BCUT2D eigenvalue weighted by molar-refractivity contribution is 5.77. The van der Waals surface area contributed by atoms with Crippen LogP contribution in [0.3, 0.4) is 0 Å². The van der Waals surface area contributed by atoms with Crippen LogP contribution in [0.1, 0.15) is 13.8 Å². The van der Waals surface area contributed by atoms with E-state index in [0.29, 0.717) is 0 Å². The summed E-state index contributed by atoms with van der Waals surface area (Å²) >= 11 is 0. The van der Waals surface area contributed by atoms with Crippen LogP contribution in [-0.4, -0.2) is 30.0 Å². The van der Waals surface area contributed by atoms with Crippen molar-refractivity contribution in [1.29, 1.82) is 0 Å². The zero-order valence-corrected chi connectivity index (χ0v) is 7.86. The summed E-state index contributed by atoms with van der Waals surface area (Å²) in [6.45, 7) is 2.25. The standard InChI is InChI=1S/C7H11F3N2O2/c1-5(2)12-3-6(14-5,4(11)13)7(8,9)10/h12H,3H2,1-2H3,(H2,11,13)/p+1. The molecule has 1 fully saturated rings. The van der Waals surface area contributed by atoms with Gasteiger partial charge in [-0.15, -0.1) is 0 Å². The first kappa shape index (κ1) is 11.4. The van der Waals surface area contributed by atoms with Gasteiger partial charge >= 0.3 is 12.1 Å². The number of amides is 1. The molecule has 4 nitrogen and oxygen atoms in total. The van der Waals surface area contributed by atoms with E-state index in [4.69, 9.17) is 4.74 Å². The van der Waals surface area contributed by atoms with E-state index in [1.807, 2.05) is 0 Å². The lowest BCUT2D eigenvalue weighted by atomic mass is 10.0. The molecule has 1 aliphatic heterocycles. The number of ether oxygens (including phenoxy) is 1. The van der Waals surface area contributed by atoms with Gasteiger partial charge in [0.25, 0.3) is 5.60 Å². The van der Waals surface area contributed by atoms with E-state index in [9.17, 15) is 18.0 Å². The molecule has 0 aromatic heterocycles. The fourth-order valence-electron chi connectivity index (χ4n) is 1.32. The second kappa shape index (κ2) is 2.91. The van der Waals surface area contributed by atoms with E-state index >= 15 is 0 Å². The SMILES string of the molecule is CC1(C)NCC(C([NH3+])=O)(C(F)(F)F)O1. The summed E-state index contributed by atoms with van der Waals surface area (Å²) in [6.07, 6.45) is -4.74. The molecule has 0 aliphatic carbocycles. The Bertz CT molecular complexity index is 264. The highest BCUT2D eigenvalue weighted by Crippen LogP contribution is 2.39. The van der Waals surface area contributed by atoms with Crippen molar-refractivity contribution in [2.24, 2.45) is 0 Å². The van der Waals surface area contributed by atoms with Crippen molar-refractivity contribution in [2.75, 3.05) is 6.54 Å². The van der Waals surface area contributed by atoms with Crippen molar-refractivity contribution in [3.8, 4) is 0 Å². The third kappa shape index (κ3) is 1.62. The second-order valence-corrected chi connectivity index (χ2v) is 3.71. The molecule has 1 rings (SSSR count). The maximum Gasteiger partial charge on any atom is 0.432 e. The number of hydrogen-bond acceptors (Lipinski definition) is 3. The number of alkyl halides is 3. The lowest BCUT2D eigenvalue weighted by molar-refractivity contribution is -0.358. The Labute approximate surface area is 78.6 Å². The minimum Gasteiger partial charge on any atom is -0.332 e. The largest absolute Gasteiger partial charge is 0.432 e. The quantitative estimate of drug-likeness (QED) is 0.612. The monoisotopic (exact) mass is 213 g/mol. The summed E-state index contributed by atoms with van der Waals surface area (Å²) in [5, 5.41) is 2.47. The number of hydrogen-bond donors (Lipinski definition) is 2. The van der Waals surface area contributed by atoms with Gasteiger partial charge in [-0.3, -0.25) is 11.1 Å². The van der Waals surface area contributed by atoms with Crippen LogP contribution in [0.5, 0.6) is 0 Å². The van der Waals surface area contributed by atoms with Crippen LogP contribution in [0, 0.1) is 0 Å². The van der Waals surface area contributed by atoms with Gasteiger partial charge in [-0.2, -0.15) is 13.2 Å². The van der Waals surface area contributed by atoms with Gasteiger partial charge < -0.3 is 4.74 Å². The number of halogens is 3. The van der Waals surface area contributed by atoms with Crippen LogP contribution >= 0.6 is 0 Å².